The van der Waals surface area contributed by atoms with Crippen molar-refractivity contribution in [1.82, 2.24) is 0 Å². The Kier molecular flexibility index (Phi) is 3.90. The van der Waals surface area contributed by atoms with Crippen LogP contribution >= 0.6 is 15.9 Å². The quantitative estimate of drug-likeness (QED) is 0.898. The summed E-state index contributed by atoms with van der Waals surface area (Å²) in [6.45, 7) is 7.15. The monoisotopic (exact) mass is 325 g/mol. The third-order valence-corrected chi connectivity index (χ3v) is 4.47. The van der Waals surface area contributed by atoms with Crippen molar-refractivity contribution in [3.8, 4) is 0 Å². The summed E-state index contributed by atoms with van der Waals surface area (Å²) >= 11 is 3.48. The summed E-state index contributed by atoms with van der Waals surface area (Å²) in [5.74, 6) is -0.887. The molecule has 3 nitrogen and oxygen atoms in total. The lowest BCUT2D eigenvalue weighted by molar-refractivity contribution is -0.143. The molecule has 0 saturated carbocycles. The average molecular weight is 326 g/mol. The van der Waals surface area contributed by atoms with Gasteiger partial charge in [-0.1, -0.05) is 15.9 Å². The van der Waals surface area contributed by atoms with E-state index in [1.807, 2.05) is 6.07 Å². The van der Waals surface area contributed by atoms with Crippen LogP contribution in [0.15, 0.2) is 22.7 Å². The molecular weight excluding hydrogens is 306 g/mol. The molecule has 1 aromatic rings. The van der Waals surface area contributed by atoms with Crippen LogP contribution in [0.2, 0.25) is 0 Å². The minimum absolute atomic E-state index is 0.125. The zero-order valence-corrected chi connectivity index (χ0v) is 13.2. The van der Waals surface area contributed by atoms with Crippen LogP contribution in [0, 0.1) is 12.8 Å². The first-order valence-corrected chi connectivity index (χ1v) is 7.37. The van der Waals surface area contributed by atoms with Gasteiger partial charge in [0, 0.05) is 22.2 Å². The lowest BCUT2D eigenvalue weighted by atomic mass is 9.82. The molecule has 1 saturated heterocycles. The van der Waals surface area contributed by atoms with Gasteiger partial charge in [-0.3, -0.25) is 4.79 Å². The highest BCUT2D eigenvalue weighted by Gasteiger charge is 2.38. The maximum atomic E-state index is 11.2. The van der Waals surface area contributed by atoms with Crippen LogP contribution in [-0.4, -0.2) is 23.2 Å². The number of piperidine rings is 1. The lowest BCUT2D eigenvalue weighted by Crippen LogP contribution is -2.51. The smallest absolute Gasteiger partial charge is 0.306 e. The van der Waals surface area contributed by atoms with Crippen LogP contribution in [-0.2, 0) is 4.79 Å². The molecule has 19 heavy (non-hydrogen) atoms. The number of anilines is 1. The number of benzene rings is 1. The van der Waals surface area contributed by atoms with Crippen molar-refractivity contribution < 1.29 is 9.90 Å². The summed E-state index contributed by atoms with van der Waals surface area (Å²) in [6.07, 6.45) is 1.41. The van der Waals surface area contributed by atoms with Crippen molar-refractivity contribution in [3.05, 3.63) is 28.2 Å². The van der Waals surface area contributed by atoms with E-state index >= 15 is 0 Å². The van der Waals surface area contributed by atoms with Crippen molar-refractivity contribution in [2.24, 2.45) is 5.92 Å². The molecule has 1 aromatic carbocycles. The van der Waals surface area contributed by atoms with Crippen molar-refractivity contribution >= 4 is 27.6 Å². The zero-order valence-electron chi connectivity index (χ0n) is 11.6. The van der Waals surface area contributed by atoms with E-state index in [1.165, 1.54) is 11.3 Å². The number of carboxylic acid groups (broad SMARTS) is 1. The number of carboxylic acids is 1. The van der Waals surface area contributed by atoms with E-state index in [2.05, 4.69) is 53.7 Å². The number of hydrogen-bond acceptors (Lipinski definition) is 2. The van der Waals surface area contributed by atoms with Crippen LogP contribution < -0.4 is 4.90 Å². The van der Waals surface area contributed by atoms with E-state index < -0.39 is 5.97 Å². The van der Waals surface area contributed by atoms with Gasteiger partial charge in [0.15, 0.2) is 0 Å². The summed E-state index contributed by atoms with van der Waals surface area (Å²) in [7, 11) is 0. The van der Waals surface area contributed by atoms with Crippen LogP contribution in [0.3, 0.4) is 0 Å². The van der Waals surface area contributed by atoms with Crippen molar-refractivity contribution in [1.29, 1.82) is 0 Å². The molecule has 1 unspecified atom stereocenters. The molecule has 0 radical (unpaired) electrons. The fourth-order valence-electron chi connectivity index (χ4n) is 2.98. The molecule has 0 spiro atoms. The standard InChI is InChI=1S/C15H20BrNO2/c1-10-8-12(16)4-5-13(10)17-7-6-11(14(18)19)9-15(17,2)3/h4-5,8,11H,6-7,9H2,1-3H3,(H,18,19). The Balaban J connectivity index is 2.28. The second-order valence-electron chi connectivity index (χ2n) is 5.92. The highest BCUT2D eigenvalue weighted by molar-refractivity contribution is 9.10. The SMILES string of the molecule is Cc1cc(Br)ccc1N1CCC(C(=O)O)CC1(C)C. The van der Waals surface area contributed by atoms with Gasteiger partial charge in [-0.2, -0.15) is 0 Å². The number of aliphatic carboxylic acids is 1. The minimum atomic E-state index is -0.666. The average Bonchev–Trinajstić information content (AvgIpc) is 2.29. The zero-order chi connectivity index (χ0) is 14.2. The van der Waals surface area contributed by atoms with Gasteiger partial charge in [-0.15, -0.1) is 0 Å². The molecule has 0 aromatic heterocycles. The van der Waals surface area contributed by atoms with E-state index in [0.29, 0.717) is 12.8 Å². The van der Waals surface area contributed by atoms with E-state index in [9.17, 15) is 9.90 Å². The second-order valence-corrected chi connectivity index (χ2v) is 6.84. The first-order valence-electron chi connectivity index (χ1n) is 6.58. The molecular formula is C15H20BrNO2. The Bertz CT molecular complexity index is 499. The molecule has 0 bridgehead atoms. The van der Waals surface area contributed by atoms with Gasteiger partial charge in [-0.05, 0) is 57.4 Å². The normalized spacial score (nSPS) is 22.3. The van der Waals surface area contributed by atoms with E-state index in [1.54, 1.807) is 0 Å². The number of hydrogen-bond donors (Lipinski definition) is 1. The summed E-state index contributed by atoms with van der Waals surface area (Å²) in [4.78, 5) is 13.5. The molecule has 4 heteroatoms. The Labute approximate surface area is 122 Å². The predicted octanol–water partition coefficient (Wildman–Crippen LogP) is 3.84. The fourth-order valence-corrected chi connectivity index (χ4v) is 3.46. The highest BCUT2D eigenvalue weighted by atomic mass is 79.9. The number of halogens is 1. The van der Waals surface area contributed by atoms with Crippen molar-refractivity contribution in [3.63, 3.8) is 0 Å². The number of rotatable bonds is 2. The molecule has 1 N–H and O–H groups in total. The minimum Gasteiger partial charge on any atom is -0.481 e. The summed E-state index contributed by atoms with van der Waals surface area (Å²) in [5.41, 5.74) is 2.30. The van der Waals surface area contributed by atoms with Crippen molar-refractivity contribution in [2.45, 2.75) is 39.2 Å². The number of aryl methyl sites for hydroxylation is 1. The maximum Gasteiger partial charge on any atom is 0.306 e. The van der Waals surface area contributed by atoms with Crippen LogP contribution in [0.5, 0.6) is 0 Å². The van der Waals surface area contributed by atoms with Gasteiger partial charge in [0.25, 0.3) is 0 Å². The molecule has 1 heterocycles. The topological polar surface area (TPSA) is 40.5 Å². The maximum absolute atomic E-state index is 11.2. The van der Waals surface area contributed by atoms with Gasteiger partial charge in [0.2, 0.25) is 0 Å². The van der Waals surface area contributed by atoms with Gasteiger partial charge >= 0.3 is 5.97 Å². The Morgan fingerprint density at radius 3 is 2.68 bits per heavy atom. The van der Waals surface area contributed by atoms with Gasteiger partial charge in [0.1, 0.15) is 0 Å². The van der Waals surface area contributed by atoms with Gasteiger partial charge in [0.05, 0.1) is 5.92 Å². The molecule has 0 amide bonds. The lowest BCUT2D eigenvalue weighted by Gasteiger charge is -2.46. The Morgan fingerprint density at radius 2 is 2.16 bits per heavy atom. The van der Waals surface area contributed by atoms with E-state index in [0.717, 1.165) is 11.0 Å². The molecule has 1 fully saturated rings. The molecule has 1 atom stereocenters. The molecule has 1 aliphatic heterocycles. The predicted molar refractivity (Wildman–Crippen MR) is 80.7 cm³/mol. The van der Waals surface area contributed by atoms with Gasteiger partial charge in [-0.25, -0.2) is 0 Å². The van der Waals surface area contributed by atoms with E-state index in [-0.39, 0.29) is 11.5 Å². The summed E-state index contributed by atoms with van der Waals surface area (Å²) in [6, 6.07) is 6.26. The van der Waals surface area contributed by atoms with Gasteiger partial charge < -0.3 is 10.0 Å². The molecule has 1 aliphatic rings. The third kappa shape index (κ3) is 2.94. The Hall–Kier alpha value is -1.03. The number of carbonyl (C=O) groups is 1. The van der Waals surface area contributed by atoms with Crippen LogP contribution in [0.4, 0.5) is 5.69 Å². The first kappa shape index (κ1) is 14.4. The fraction of sp³-hybridized carbons (Fsp3) is 0.533. The molecule has 0 aliphatic carbocycles. The van der Waals surface area contributed by atoms with Crippen LogP contribution in [0.1, 0.15) is 32.3 Å². The van der Waals surface area contributed by atoms with Crippen molar-refractivity contribution in [2.75, 3.05) is 11.4 Å². The summed E-state index contributed by atoms with van der Waals surface area (Å²) < 4.78 is 1.08. The molecule has 104 valence electrons. The van der Waals surface area contributed by atoms with Crippen LogP contribution in [0.25, 0.3) is 0 Å². The largest absolute Gasteiger partial charge is 0.481 e. The molecule has 2 rings (SSSR count). The second kappa shape index (κ2) is 5.16. The summed E-state index contributed by atoms with van der Waals surface area (Å²) in [5, 5.41) is 9.19. The van der Waals surface area contributed by atoms with E-state index in [4.69, 9.17) is 0 Å². The third-order valence-electron chi connectivity index (χ3n) is 3.98. The number of nitrogens with zero attached hydrogens (tertiary/aromatic N) is 1. The first-order chi connectivity index (χ1) is 8.81. The Morgan fingerprint density at radius 1 is 1.47 bits per heavy atom. The highest BCUT2D eigenvalue weighted by Crippen LogP contribution is 2.37.